The highest BCUT2D eigenvalue weighted by atomic mass is 32.2. The first-order valence-corrected chi connectivity index (χ1v) is 12.6. The fraction of sp³-hybridized carbons (Fsp3) is 0.320. The van der Waals surface area contributed by atoms with Gasteiger partial charge in [-0.1, -0.05) is 36.4 Å². The maximum absolute atomic E-state index is 13.5. The van der Waals surface area contributed by atoms with Crippen molar-refractivity contribution >= 4 is 16.0 Å². The van der Waals surface area contributed by atoms with E-state index in [0.717, 1.165) is 5.56 Å². The fourth-order valence-corrected chi connectivity index (χ4v) is 5.50. The van der Waals surface area contributed by atoms with Crippen LogP contribution in [-0.2, 0) is 33.6 Å². The number of benzene rings is 2. The Morgan fingerprint density at radius 2 is 1.76 bits per heavy atom. The first-order chi connectivity index (χ1) is 16.3. The molecular formula is C25H28N2O6S. The smallest absolute Gasteiger partial charge is 0.340 e. The number of aromatic nitrogens is 1. The van der Waals surface area contributed by atoms with Crippen LogP contribution in [0, 0.1) is 13.8 Å². The third kappa shape index (κ3) is 5.10. The molecule has 9 heteroatoms. The van der Waals surface area contributed by atoms with E-state index in [1.807, 2.05) is 24.3 Å². The minimum absolute atomic E-state index is 0.0791. The van der Waals surface area contributed by atoms with Gasteiger partial charge in [-0.2, -0.15) is 4.31 Å². The third-order valence-corrected chi connectivity index (χ3v) is 7.48. The first kappa shape index (κ1) is 23.8. The van der Waals surface area contributed by atoms with Crippen molar-refractivity contribution in [3.63, 3.8) is 0 Å². The predicted octanol–water partition coefficient (Wildman–Crippen LogP) is 4.07. The standard InChI is InChI=1S/C25H28N2O6S/c1-4-31-25(28)24-17(2)21(26-18(24)3)14-27(34(29,30)15-19-8-6-5-7-9-19)13-20-10-11-22-23(12-20)33-16-32-22/h5-12,26H,4,13-16H2,1-3H3. The number of carbonyl (C=O) groups excluding carboxylic acids is 1. The van der Waals surface area contributed by atoms with Crippen LogP contribution in [-0.4, -0.2) is 37.1 Å². The summed E-state index contributed by atoms with van der Waals surface area (Å²) in [7, 11) is -3.71. The second kappa shape index (κ2) is 9.90. The summed E-state index contributed by atoms with van der Waals surface area (Å²) < 4.78 is 44.5. The summed E-state index contributed by atoms with van der Waals surface area (Å²) in [4.78, 5) is 15.6. The van der Waals surface area contributed by atoms with Gasteiger partial charge in [0, 0.05) is 17.9 Å². The second-order valence-electron chi connectivity index (χ2n) is 8.15. The van der Waals surface area contributed by atoms with Gasteiger partial charge < -0.3 is 19.2 Å². The van der Waals surface area contributed by atoms with Crippen LogP contribution in [0.3, 0.4) is 0 Å². The van der Waals surface area contributed by atoms with Gasteiger partial charge in [0.05, 0.1) is 24.5 Å². The van der Waals surface area contributed by atoms with Gasteiger partial charge in [-0.15, -0.1) is 0 Å². The van der Waals surface area contributed by atoms with E-state index in [2.05, 4.69) is 4.98 Å². The molecule has 4 rings (SSSR count). The molecule has 0 aliphatic carbocycles. The van der Waals surface area contributed by atoms with Gasteiger partial charge in [0.15, 0.2) is 11.5 Å². The number of nitrogens with one attached hydrogen (secondary N) is 1. The largest absolute Gasteiger partial charge is 0.462 e. The summed E-state index contributed by atoms with van der Waals surface area (Å²) in [6, 6.07) is 14.5. The highest BCUT2D eigenvalue weighted by molar-refractivity contribution is 7.88. The molecule has 0 unspecified atom stereocenters. The number of aryl methyl sites for hydroxylation is 1. The summed E-state index contributed by atoms with van der Waals surface area (Å²) in [5.74, 6) is 0.670. The Bertz CT molecular complexity index is 1280. The van der Waals surface area contributed by atoms with Gasteiger partial charge in [0.1, 0.15) is 0 Å². The number of aromatic amines is 1. The topological polar surface area (TPSA) is 97.9 Å². The molecule has 8 nitrogen and oxygen atoms in total. The Hall–Kier alpha value is -3.30. The number of hydrogen-bond acceptors (Lipinski definition) is 6. The maximum Gasteiger partial charge on any atom is 0.340 e. The van der Waals surface area contributed by atoms with Crippen LogP contribution < -0.4 is 9.47 Å². The van der Waals surface area contributed by atoms with Gasteiger partial charge in [-0.05, 0) is 49.6 Å². The Labute approximate surface area is 199 Å². The van der Waals surface area contributed by atoms with Crippen LogP contribution in [0.4, 0.5) is 0 Å². The Morgan fingerprint density at radius 1 is 1.03 bits per heavy atom. The lowest BCUT2D eigenvalue weighted by Crippen LogP contribution is -2.31. The molecule has 0 saturated carbocycles. The minimum atomic E-state index is -3.71. The predicted molar refractivity (Wildman–Crippen MR) is 127 cm³/mol. The summed E-state index contributed by atoms with van der Waals surface area (Å²) in [6.07, 6.45) is 0. The van der Waals surface area contributed by atoms with E-state index >= 15 is 0 Å². The number of rotatable bonds is 9. The average molecular weight is 485 g/mol. The molecule has 34 heavy (non-hydrogen) atoms. The molecule has 0 bridgehead atoms. The molecule has 2 heterocycles. The van der Waals surface area contributed by atoms with E-state index in [9.17, 15) is 13.2 Å². The van der Waals surface area contributed by atoms with Crippen molar-refractivity contribution in [2.75, 3.05) is 13.4 Å². The van der Waals surface area contributed by atoms with Crippen LogP contribution in [0.15, 0.2) is 48.5 Å². The fourth-order valence-electron chi connectivity index (χ4n) is 4.03. The van der Waals surface area contributed by atoms with Crippen LogP contribution >= 0.6 is 0 Å². The van der Waals surface area contributed by atoms with Gasteiger partial charge in [-0.3, -0.25) is 0 Å². The number of fused-ring (bicyclic) bond motifs is 1. The average Bonchev–Trinajstić information content (AvgIpc) is 3.37. The van der Waals surface area contributed by atoms with Crippen LogP contribution in [0.1, 0.15) is 45.4 Å². The Kier molecular flexibility index (Phi) is 6.95. The van der Waals surface area contributed by atoms with Crippen LogP contribution in [0.2, 0.25) is 0 Å². The quantitative estimate of drug-likeness (QED) is 0.460. The van der Waals surface area contributed by atoms with Crippen molar-refractivity contribution in [3.05, 3.63) is 82.2 Å². The molecule has 2 aromatic carbocycles. The zero-order valence-electron chi connectivity index (χ0n) is 19.5. The molecule has 0 fully saturated rings. The number of hydrogen-bond donors (Lipinski definition) is 1. The van der Waals surface area contributed by atoms with Crippen molar-refractivity contribution in [1.29, 1.82) is 0 Å². The monoisotopic (exact) mass is 484 g/mol. The number of H-pyrrole nitrogens is 1. The van der Waals surface area contributed by atoms with Crippen molar-refractivity contribution in [2.24, 2.45) is 0 Å². The van der Waals surface area contributed by atoms with Crippen LogP contribution in [0.5, 0.6) is 11.5 Å². The number of carbonyl (C=O) groups is 1. The Balaban J connectivity index is 1.66. The van der Waals surface area contributed by atoms with E-state index in [1.54, 1.807) is 45.0 Å². The summed E-state index contributed by atoms with van der Waals surface area (Å²) in [5, 5.41) is 0. The molecule has 1 N–H and O–H groups in total. The lowest BCUT2D eigenvalue weighted by atomic mass is 10.1. The molecule has 180 valence electrons. The van der Waals surface area contributed by atoms with E-state index in [4.69, 9.17) is 14.2 Å². The zero-order valence-corrected chi connectivity index (χ0v) is 20.3. The third-order valence-electron chi connectivity index (χ3n) is 5.74. The Morgan fingerprint density at radius 3 is 2.50 bits per heavy atom. The van der Waals surface area contributed by atoms with Gasteiger partial charge in [0.25, 0.3) is 0 Å². The summed E-state index contributed by atoms with van der Waals surface area (Å²) in [5.41, 5.74) is 3.89. The normalized spacial score (nSPS) is 12.8. The molecule has 1 aliphatic rings. The highest BCUT2D eigenvalue weighted by Gasteiger charge is 2.27. The molecule has 0 amide bonds. The van der Waals surface area contributed by atoms with Crippen molar-refractivity contribution in [1.82, 2.24) is 9.29 Å². The maximum atomic E-state index is 13.5. The van der Waals surface area contributed by atoms with Gasteiger partial charge in [0.2, 0.25) is 16.8 Å². The zero-order chi connectivity index (χ0) is 24.3. The summed E-state index contributed by atoms with van der Waals surface area (Å²) >= 11 is 0. The van der Waals surface area contributed by atoms with Crippen molar-refractivity contribution in [2.45, 2.75) is 39.6 Å². The molecule has 1 aliphatic heterocycles. The van der Waals surface area contributed by atoms with E-state index < -0.39 is 16.0 Å². The van der Waals surface area contributed by atoms with Gasteiger partial charge >= 0.3 is 5.97 Å². The first-order valence-electron chi connectivity index (χ1n) is 11.0. The molecule has 3 aromatic rings. The van der Waals surface area contributed by atoms with Crippen molar-refractivity contribution in [3.8, 4) is 11.5 Å². The van der Waals surface area contributed by atoms with E-state index in [1.165, 1.54) is 4.31 Å². The molecule has 1 aromatic heterocycles. The second-order valence-corrected chi connectivity index (χ2v) is 10.1. The molecular weight excluding hydrogens is 456 g/mol. The molecule has 0 atom stereocenters. The molecule has 0 radical (unpaired) electrons. The van der Waals surface area contributed by atoms with Crippen LogP contribution in [0.25, 0.3) is 0 Å². The summed E-state index contributed by atoms with van der Waals surface area (Å²) in [6.45, 7) is 5.95. The molecule has 0 saturated heterocycles. The van der Waals surface area contributed by atoms with Gasteiger partial charge in [-0.25, -0.2) is 13.2 Å². The van der Waals surface area contributed by atoms with Crippen molar-refractivity contribution < 1.29 is 27.4 Å². The SMILES string of the molecule is CCOC(=O)c1c(C)[nH]c(CN(Cc2ccc3c(c2)OCO3)S(=O)(=O)Cc2ccccc2)c1C. The number of esters is 1. The minimum Gasteiger partial charge on any atom is -0.462 e. The lowest BCUT2D eigenvalue weighted by Gasteiger charge is -2.23. The number of nitrogens with zero attached hydrogens (tertiary/aromatic N) is 1. The highest BCUT2D eigenvalue weighted by Crippen LogP contribution is 2.33. The van der Waals surface area contributed by atoms with E-state index in [-0.39, 0.29) is 32.2 Å². The van der Waals surface area contributed by atoms with E-state index in [0.29, 0.717) is 39.6 Å². The molecule has 0 spiro atoms. The lowest BCUT2D eigenvalue weighted by molar-refractivity contribution is 0.0525. The number of sulfonamides is 1. The number of ether oxygens (including phenoxy) is 3.